The molecule has 36 heavy (non-hydrogen) atoms. The first-order valence-corrected chi connectivity index (χ1v) is 14.0. The van der Waals surface area contributed by atoms with Crippen LogP contribution in [0.3, 0.4) is 0 Å². The third-order valence-corrected chi connectivity index (χ3v) is 6.79. The third-order valence-electron chi connectivity index (χ3n) is 6.14. The van der Waals surface area contributed by atoms with Crippen molar-refractivity contribution in [1.82, 2.24) is 14.9 Å². The molecule has 0 aliphatic carbocycles. The smallest absolute Gasteiger partial charge is 0.351 e. The van der Waals surface area contributed by atoms with Crippen molar-refractivity contribution in [3.63, 3.8) is 0 Å². The fraction of sp³-hybridized carbons (Fsp3) is 0.750. The van der Waals surface area contributed by atoms with Crippen LogP contribution in [0.4, 0.5) is 5.82 Å². The molecule has 2 rings (SSSR count). The molecule has 2 heterocycles. The summed E-state index contributed by atoms with van der Waals surface area (Å²) in [6, 6.07) is 0.596. The third kappa shape index (κ3) is 9.15. The van der Waals surface area contributed by atoms with E-state index in [1.807, 2.05) is 6.26 Å². The summed E-state index contributed by atoms with van der Waals surface area (Å²) in [5, 5.41) is 34.6. The second kappa shape index (κ2) is 16.0. The van der Waals surface area contributed by atoms with Gasteiger partial charge in [0.2, 0.25) is 11.8 Å². The summed E-state index contributed by atoms with van der Waals surface area (Å²) in [7, 11) is 0. The molecule has 1 aromatic heterocycles. The molecule has 1 fully saturated rings. The first-order chi connectivity index (χ1) is 17.3. The Kier molecular flexibility index (Phi) is 13.4. The van der Waals surface area contributed by atoms with Gasteiger partial charge in [0.15, 0.2) is 6.23 Å². The molecule has 0 spiro atoms. The highest BCUT2D eigenvalue weighted by Crippen LogP contribution is 2.28. The van der Waals surface area contributed by atoms with Crippen molar-refractivity contribution in [2.45, 2.75) is 95.3 Å². The van der Waals surface area contributed by atoms with Crippen LogP contribution in [0.15, 0.2) is 17.1 Å². The van der Waals surface area contributed by atoms with Crippen molar-refractivity contribution in [1.29, 1.82) is 0 Å². The van der Waals surface area contributed by atoms with Crippen molar-refractivity contribution in [2.75, 3.05) is 23.9 Å². The second-order valence-electron chi connectivity index (χ2n) is 8.99. The number of thioether (sulfide) groups is 1. The Morgan fingerprint density at radius 2 is 1.86 bits per heavy atom. The lowest BCUT2D eigenvalue weighted by molar-refractivity contribution is -0.126. The molecular formula is C24H40N4O7S. The number of carbonyl (C=O) groups is 2. The molecular weight excluding hydrogens is 488 g/mol. The molecule has 1 saturated heterocycles. The van der Waals surface area contributed by atoms with Crippen LogP contribution in [0.25, 0.3) is 0 Å². The first-order valence-electron chi connectivity index (χ1n) is 12.6. The van der Waals surface area contributed by atoms with Crippen LogP contribution in [0, 0.1) is 0 Å². The largest absolute Gasteiger partial charge is 0.394 e. The van der Waals surface area contributed by atoms with Gasteiger partial charge in [-0.25, -0.2) is 4.79 Å². The quantitative estimate of drug-likeness (QED) is 0.198. The van der Waals surface area contributed by atoms with Crippen LogP contribution in [0.2, 0.25) is 0 Å². The number of aromatic nitrogens is 2. The summed E-state index contributed by atoms with van der Waals surface area (Å²) in [6.45, 7) is 1.65. The Morgan fingerprint density at radius 1 is 1.17 bits per heavy atom. The molecule has 12 heteroatoms. The standard InChI is InChI=1S/C24H40N4O7S/c1-3-4-5-6-7-8-9-10-19(30)25-16(12-14-36-2)22(33)26-18-11-13-28(24(34)27-18)23-21(32)20(31)17(15-29)35-23/h11,13,16-17,20-21,23,29,31-32H,3-10,12,14-15H2,1-2H3,(H,25,30)(H,26,27,33,34)/t16-,17-,20-,21+,23-/m0/s1. The Balaban J connectivity index is 1.92. The van der Waals surface area contributed by atoms with Gasteiger partial charge in [0, 0.05) is 12.6 Å². The average Bonchev–Trinajstić information content (AvgIpc) is 3.14. The van der Waals surface area contributed by atoms with Gasteiger partial charge in [-0.05, 0) is 30.9 Å². The molecule has 1 aliphatic rings. The van der Waals surface area contributed by atoms with Crippen molar-refractivity contribution in [2.24, 2.45) is 0 Å². The van der Waals surface area contributed by atoms with Crippen LogP contribution in [-0.4, -0.2) is 79.7 Å². The number of aliphatic hydroxyl groups excluding tert-OH is 3. The summed E-state index contributed by atoms with van der Waals surface area (Å²) in [6.07, 6.45) is 6.63. The Labute approximate surface area is 216 Å². The molecule has 0 bridgehead atoms. The minimum absolute atomic E-state index is 0.0107. The van der Waals surface area contributed by atoms with Crippen molar-refractivity contribution in [3.8, 4) is 0 Å². The number of anilines is 1. The number of unbranched alkanes of at least 4 members (excludes halogenated alkanes) is 6. The molecule has 0 aromatic carbocycles. The van der Waals surface area contributed by atoms with Gasteiger partial charge in [0.1, 0.15) is 30.2 Å². The number of ether oxygens (including phenoxy) is 1. The van der Waals surface area contributed by atoms with Crippen molar-refractivity contribution < 1.29 is 29.6 Å². The average molecular weight is 529 g/mol. The van der Waals surface area contributed by atoms with E-state index in [1.165, 1.54) is 37.9 Å². The van der Waals surface area contributed by atoms with E-state index >= 15 is 0 Å². The lowest BCUT2D eigenvalue weighted by Crippen LogP contribution is -2.44. The van der Waals surface area contributed by atoms with Gasteiger partial charge in [0.25, 0.3) is 0 Å². The van der Waals surface area contributed by atoms with Crippen LogP contribution in [0.5, 0.6) is 0 Å². The normalized spacial score (nSPS) is 22.4. The SMILES string of the molecule is CCCCCCCCCC(=O)N[C@@H](CCSC)C(=O)Nc1ccn([C@H]2O[C@@H](CO)[C@H](O)[C@H]2O)c(=O)n1. The summed E-state index contributed by atoms with van der Waals surface area (Å²) >= 11 is 1.56. The zero-order valence-electron chi connectivity index (χ0n) is 21.1. The number of rotatable bonds is 16. The van der Waals surface area contributed by atoms with E-state index in [0.29, 0.717) is 18.6 Å². The Hall–Kier alpha value is -1.99. The van der Waals surface area contributed by atoms with Gasteiger partial charge in [-0.2, -0.15) is 16.7 Å². The molecule has 5 atom stereocenters. The number of aliphatic hydroxyl groups is 3. The van der Waals surface area contributed by atoms with Crippen LogP contribution in [-0.2, 0) is 14.3 Å². The predicted molar refractivity (Wildman–Crippen MR) is 138 cm³/mol. The zero-order valence-corrected chi connectivity index (χ0v) is 21.9. The van der Waals surface area contributed by atoms with E-state index in [2.05, 4.69) is 22.5 Å². The molecule has 2 amide bonds. The lowest BCUT2D eigenvalue weighted by atomic mass is 10.1. The van der Waals surface area contributed by atoms with Gasteiger partial charge in [-0.3, -0.25) is 14.2 Å². The molecule has 204 valence electrons. The topological polar surface area (TPSA) is 163 Å². The predicted octanol–water partition coefficient (Wildman–Crippen LogP) is 1.17. The summed E-state index contributed by atoms with van der Waals surface area (Å²) in [5.74, 6) is -0.00800. The van der Waals surface area contributed by atoms with Gasteiger partial charge in [-0.1, -0.05) is 45.4 Å². The molecule has 0 radical (unpaired) electrons. The molecule has 1 aliphatic heterocycles. The summed E-state index contributed by atoms with van der Waals surface area (Å²) in [4.78, 5) is 41.6. The highest BCUT2D eigenvalue weighted by molar-refractivity contribution is 7.98. The molecule has 11 nitrogen and oxygen atoms in total. The number of carbonyl (C=O) groups excluding carboxylic acids is 2. The summed E-state index contributed by atoms with van der Waals surface area (Å²) < 4.78 is 6.33. The van der Waals surface area contributed by atoms with Gasteiger partial charge >= 0.3 is 5.69 Å². The minimum atomic E-state index is -1.43. The van der Waals surface area contributed by atoms with E-state index in [9.17, 15) is 29.7 Å². The Morgan fingerprint density at radius 3 is 2.47 bits per heavy atom. The highest BCUT2D eigenvalue weighted by atomic mass is 32.2. The molecule has 0 saturated carbocycles. The molecule has 1 aromatic rings. The molecule has 0 unspecified atom stereocenters. The molecule has 5 N–H and O–H groups in total. The van der Waals surface area contributed by atoms with Crippen molar-refractivity contribution >= 4 is 29.4 Å². The maximum atomic E-state index is 12.9. The van der Waals surface area contributed by atoms with Gasteiger partial charge in [0.05, 0.1) is 6.61 Å². The number of hydrogen-bond acceptors (Lipinski definition) is 9. The minimum Gasteiger partial charge on any atom is -0.394 e. The fourth-order valence-corrected chi connectivity index (χ4v) is 4.48. The van der Waals surface area contributed by atoms with Crippen molar-refractivity contribution in [3.05, 3.63) is 22.7 Å². The fourth-order valence-electron chi connectivity index (χ4n) is 4.01. The number of hydrogen-bond donors (Lipinski definition) is 5. The van der Waals surface area contributed by atoms with E-state index in [-0.39, 0.29) is 11.7 Å². The van der Waals surface area contributed by atoms with E-state index in [1.54, 1.807) is 11.8 Å². The van der Waals surface area contributed by atoms with E-state index < -0.39 is 48.8 Å². The summed E-state index contributed by atoms with van der Waals surface area (Å²) in [5.41, 5.74) is -0.814. The number of nitrogens with zero attached hydrogens (tertiary/aromatic N) is 2. The first kappa shape index (κ1) is 30.2. The Bertz CT molecular complexity index is 884. The monoisotopic (exact) mass is 528 g/mol. The van der Waals surface area contributed by atoms with Crippen LogP contribution < -0.4 is 16.3 Å². The lowest BCUT2D eigenvalue weighted by Gasteiger charge is -2.19. The van der Waals surface area contributed by atoms with Crippen LogP contribution >= 0.6 is 11.8 Å². The van der Waals surface area contributed by atoms with Gasteiger partial charge in [-0.15, -0.1) is 0 Å². The number of nitrogens with one attached hydrogen (secondary N) is 2. The maximum Gasteiger partial charge on any atom is 0.351 e. The number of amides is 2. The van der Waals surface area contributed by atoms with E-state index in [4.69, 9.17) is 4.74 Å². The van der Waals surface area contributed by atoms with E-state index in [0.717, 1.165) is 23.8 Å². The van der Waals surface area contributed by atoms with Gasteiger partial charge < -0.3 is 30.7 Å². The van der Waals surface area contributed by atoms with Crippen LogP contribution in [0.1, 0.15) is 70.9 Å². The second-order valence-corrected chi connectivity index (χ2v) is 9.98. The maximum absolute atomic E-state index is 12.9. The zero-order chi connectivity index (χ0) is 26.5. The highest BCUT2D eigenvalue weighted by Gasteiger charge is 2.43.